The van der Waals surface area contributed by atoms with Crippen LogP contribution >= 0.6 is 0 Å². The third kappa shape index (κ3) is 3.13. The van der Waals surface area contributed by atoms with Gasteiger partial charge in [-0.15, -0.1) is 4.98 Å². The van der Waals surface area contributed by atoms with Crippen molar-refractivity contribution in [2.45, 2.75) is 38.1 Å². The first-order chi connectivity index (χ1) is 11.8. The Morgan fingerprint density at radius 2 is 1.83 bits per heavy atom. The van der Waals surface area contributed by atoms with Crippen molar-refractivity contribution in [2.75, 3.05) is 13.1 Å². The van der Waals surface area contributed by atoms with Gasteiger partial charge in [-0.2, -0.15) is 0 Å². The summed E-state index contributed by atoms with van der Waals surface area (Å²) in [7, 11) is 0. The molecule has 2 aromatic rings. The predicted molar refractivity (Wildman–Crippen MR) is 93.6 cm³/mol. The molecule has 0 atom stereocenters. The van der Waals surface area contributed by atoms with Gasteiger partial charge in [0.2, 0.25) is 0 Å². The minimum atomic E-state index is 0.389. The van der Waals surface area contributed by atoms with Crippen LogP contribution in [0.4, 0.5) is 5.82 Å². The van der Waals surface area contributed by atoms with E-state index in [0.717, 1.165) is 31.2 Å². The van der Waals surface area contributed by atoms with E-state index in [9.17, 15) is 0 Å². The number of nitrogens with zero attached hydrogens (tertiary/aromatic N) is 3. The van der Waals surface area contributed by atoms with Crippen molar-refractivity contribution >= 4 is 5.82 Å². The molecule has 0 radical (unpaired) electrons. The fraction of sp³-hybridized carbons (Fsp3) is 0.400. The molecule has 4 heteroatoms. The van der Waals surface area contributed by atoms with E-state index in [4.69, 9.17) is 11.3 Å². The van der Waals surface area contributed by atoms with Crippen molar-refractivity contribution in [1.82, 2.24) is 9.88 Å². The first-order valence-corrected chi connectivity index (χ1v) is 8.69. The van der Waals surface area contributed by atoms with Crippen molar-refractivity contribution in [3.63, 3.8) is 0 Å². The van der Waals surface area contributed by atoms with Crippen LogP contribution in [0.5, 0.6) is 11.5 Å². The highest BCUT2D eigenvalue weighted by atomic mass is 16.5. The number of hydrogen-bond donors (Lipinski definition) is 0. The summed E-state index contributed by atoms with van der Waals surface area (Å²) >= 11 is 0. The molecule has 0 unspecified atom stereocenters. The van der Waals surface area contributed by atoms with Gasteiger partial charge in [-0.3, -0.25) is 4.90 Å². The van der Waals surface area contributed by atoms with Crippen LogP contribution in [0.15, 0.2) is 36.5 Å². The lowest BCUT2D eigenvalue weighted by Gasteiger charge is -2.36. The zero-order chi connectivity index (χ0) is 16.4. The molecule has 0 spiro atoms. The molecule has 24 heavy (non-hydrogen) atoms. The number of hydrogen-bond acceptors (Lipinski definition) is 3. The number of benzene rings is 1. The number of rotatable bonds is 3. The van der Waals surface area contributed by atoms with Crippen LogP contribution in [0.25, 0.3) is 4.85 Å². The second-order valence-electron chi connectivity index (χ2n) is 6.62. The molecule has 0 amide bonds. The fourth-order valence-electron chi connectivity index (χ4n) is 3.53. The van der Waals surface area contributed by atoms with Crippen LogP contribution < -0.4 is 4.74 Å². The van der Waals surface area contributed by atoms with Crippen molar-refractivity contribution in [3.05, 3.63) is 59.1 Å². The molecule has 1 fully saturated rings. The first kappa shape index (κ1) is 15.2. The molecule has 0 N–H and O–H groups in total. The minimum Gasteiger partial charge on any atom is -0.454 e. The Bertz CT molecular complexity index is 759. The standard InChI is InChI=1S/C20H21N3O/c1-21-20-8-7-19(14-22-20)24-18-6-5-15-9-11-23(17-3-2-4-17)12-10-16(15)13-18/h5-8,13-14,17H,2-4,9-12H2. The molecular weight excluding hydrogens is 298 g/mol. The summed E-state index contributed by atoms with van der Waals surface area (Å²) in [5, 5.41) is 0. The van der Waals surface area contributed by atoms with Gasteiger partial charge in [0, 0.05) is 19.1 Å². The van der Waals surface area contributed by atoms with Gasteiger partial charge >= 0.3 is 0 Å². The van der Waals surface area contributed by atoms with Crippen LogP contribution in [0.3, 0.4) is 0 Å². The molecule has 1 aliphatic carbocycles. The number of aromatic nitrogens is 1. The van der Waals surface area contributed by atoms with Crippen LogP contribution in [-0.2, 0) is 12.8 Å². The molecule has 122 valence electrons. The average Bonchev–Trinajstić information content (AvgIpc) is 2.77. The van der Waals surface area contributed by atoms with Gasteiger partial charge in [-0.05, 0) is 61.1 Å². The Hall–Kier alpha value is -2.38. The molecular formula is C20H21N3O. The third-order valence-corrected chi connectivity index (χ3v) is 5.18. The van der Waals surface area contributed by atoms with E-state index in [1.807, 2.05) is 6.07 Å². The van der Waals surface area contributed by atoms with Gasteiger partial charge in [-0.1, -0.05) is 19.1 Å². The Morgan fingerprint density at radius 3 is 2.50 bits per heavy atom. The van der Waals surface area contributed by atoms with Gasteiger partial charge in [-0.25, -0.2) is 0 Å². The Kier molecular flexibility index (Phi) is 4.18. The van der Waals surface area contributed by atoms with Crippen molar-refractivity contribution in [3.8, 4) is 11.5 Å². The summed E-state index contributed by atoms with van der Waals surface area (Å²) in [5.41, 5.74) is 2.85. The maximum Gasteiger partial charge on any atom is 0.269 e. The summed E-state index contributed by atoms with van der Waals surface area (Å²) in [6.07, 6.45) is 7.98. The van der Waals surface area contributed by atoms with Crippen LogP contribution in [0.2, 0.25) is 0 Å². The highest BCUT2D eigenvalue weighted by molar-refractivity contribution is 5.42. The molecule has 0 saturated heterocycles. The fourth-order valence-corrected chi connectivity index (χ4v) is 3.53. The molecule has 1 aliphatic heterocycles. The molecule has 0 bridgehead atoms. The molecule has 2 heterocycles. The van der Waals surface area contributed by atoms with Gasteiger partial charge in [0.1, 0.15) is 5.75 Å². The quantitative estimate of drug-likeness (QED) is 0.787. The van der Waals surface area contributed by atoms with Crippen LogP contribution in [0.1, 0.15) is 30.4 Å². The summed E-state index contributed by atoms with van der Waals surface area (Å²) in [6, 6.07) is 10.7. The maximum absolute atomic E-state index is 6.94. The van der Waals surface area contributed by atoms with Gasteiger partial charge < -0.3 is 9.58 Å². The lowest BCUT2D eigenvalue weighted by Crippen LogP contribution is -2.41. The lowest BCUT2D eigenvalue weighted by atomic mass is 9.91. The average molecular weight is 319 g/mol. The second-order valence-corrected chi connectivity index (χ2v) is 6.62. The topological polar surface area (TPSA) is 29.7 Å². The van der Waals surface area contributed by atoms with E-state index in [1.54, 1.807) is 18.3 Å². The first-order valence-electron chi connectivity index (χ1n) is 8.69. The normalized spacial score (nSPS) is 18.1. The molecule has 1 aromatic heterocycles. The highest BCUT2D eigenvalue weighted by Gasteiger charge is 2.26. The van der Waals surface area contributed by atoms with Gasteiger partial charge in [0.05, 0.1) is 0 Å². The zero-order valence-electron chi connectivity index (χ0n) is 13.7. The number of ether oxygens (including phenoxy) is 1. The SMILES string of the molecule is [C-]#[N+]c1ccc(Oc2ccc3c(c2)CCN(C2CCC2)CC3)cn1. The Labute approximate surface area is 142 Å². The van der Waals surface area contributed by atoms with Crippen LogP contribution in [0, 0.1) is 6.57 Å². The van der Waals surface area contributed by atoms with E-state index in [-0.39, 0.29) is 0 Å². The monoisotopic (exact) mass is 319 g/mol. The molecule has 1 aromatic carbocycles. The van der Waals surface area contributed by atoms with E-state index < -0.39 is 0 Å². The Morgan fingerprint density at radius 1 is 1.04 bits per heavy atom. The number of pyridine rings is 1. The van der Waals surface area contributed by atoms with E-state index in [0.29, 0.717) is 11.6 Å². The van der Waals surface area contributed by atoms with Gasteiger partial charge in [0.15, 0.2) is 11.9 Å². The summed E-state index contributed by atoms with van der Waals surface area (Å²) in [6.45, 7) is 9.28. The second kappa shape index (κ2) is 6.62. The molecule has 4 nitrogen and oxygen atoms in total. The van der Waals surface area contributed by atoms with Crippen molar-refractivity contribution in [2.24, 2.45) is 0 Å². The van der Waals surface area contributed by atoms with E-state index >= 15 is 0 Å². The minimum absolute atomic E-state index is 0.389. The molecule has 4 rings (SSSR count). The third-order valence-electron chi connectivity index (χ3n) is 5.18. The number of fused-ring (bicyclic) bond motifs is 1. The summed E-state index contributed by atoms with van der Waals surface area (Å²) < 4.78 is 5.91. The smallest absolute Gasteiger partial charge is 0.269 e. The van der Waals surface area contributed by atoms with Crippen molar-refractivity contribution < 1.29 is 4.74 Å². The summed E-state index contributed by atoms with van der Waals surface area (Å²) in [5.74, 6) is 1.91. The van der Waals surface area contributed by atoms with E-state index in [2.05, 4.69) is 26.9 Å². The van der Waals surface area contributed by atoms with Crippen molar-refractivity contribution in [1.29, 1.82) is 0 Å². The largest absolute Gasteiger partial charge is 0.454 e. The van der Waals surface area contributed by atoms with Crippen LogP contribution in [-0.4, -0.2) is 29.0 Å². The highest BCUT2D eigenvalue weighted by Crippen LogP contribution is 2.30. The predicted octanol–water partition coefficient (Wildman–Crippen LogP) is 4.38. The Balaban J connectivity index is 1.47. The summed E-state index contributed by atoms with van der Waals surface area (Å²) in [4.78, 5) is 10.0. The lowest BCUT2D eigenvalue weighted by molar-refractivity contribution is 0.133. The van der Waals surface area contributed by atoms with Gasteiger partial charge in [0.25, 0.3) is 5.82 Å². The zero-order valence-corrected chi connectivity index (χ0v) is 13.7. The van der Waals surface area contributed by atoms with E-state index in [1.165, 1.54) is 36.9 Å². The molecule has 2 aliphatic rings. The maximum atomic E-state index is 6.94. The molecule has 1 saturated carbocycles.